The Bertz CT molecular complexity index is 1640. The molecular weight excluding hydrogens is 668 g/mol. The highest BCUT2D eigenvalue weighted by Crippen LogP contribution is 2.54. The first kappa shape index (κ1) is 40.3. The predicted molar refractivity (Wildman–Crippen MR) is 176 cm³/mol. The largest absolute Gasteiger partial charge is 0.458 e. The van der Waals surface area contributed by atoms with Gasteiger partial charge < -0.3 is 28.4 Å². The topological polar surface area (TPSA) is 192 Å². The third kappa shape index (κ3) is 8.78. The van der Waals surface area contributed by atoms with Crippen molar-refractivity contribution < 1.29 is 66.8 Å². The molecule has 0 spiro atoms. The number of ketones is 2. The Morgan fingerprint density at radius 1 is 0.686 bits per heavy atom. The number of hydrogen-bond acceptors (Lipinski definition) is 14. The van der Waals surface area contributed by atoms with Crippen molar-refractivity contribution in [3.63, 3.8) is 0 Å². The number of Topliss-reactive ketones (excluding diaryl/α,β-unsaturated/α-hetero) is 2. The Balaban J connectivity index is 2.51. The van der Waals surface area contributed by atoms with Crippen LogP contribution < -0.4 is 0 Å². The molecule has 2 aliphatic rings. The number of allylic oxidation sites excluding steroid dienone is 2. The van der Waals surface area contributed by atoms with Crippen LogP contribution in [0.4, 0.5) is 0 Å². The molecular formula is C37H44O14. The molecule has 0 saturated heterocycles. The summed E-state index contributed by atoms with van der Waals surface area (Å²) in [5, 5.41) is 0. The summed E-state index contributed by atoms with van der Waals surface area (Å²) in [6, 6.07) is 7.65. The minimum atomic E-state index is -2.37. The Hall–Kier alpha value is -5.14. The molecule has 1 fully saturated rings. The van der Waals surface area contributed by atoms with Crippen LogP contribution in [0.1, 0.15) is 79.1 Å². The highest BCUT2D eigenvalue weighted by atomic mass is 16.6. The van der Waals surface area contributed by atoms with Gasteiger partial charge in [-0.05, 0) is 32.9 Å². The maximum absolute atomic E-state index is 14.7. The van der Waals surface area contributed by atoms with Gasteiger partial charge in [-0.2, -0.15) is 0 Å². The number of fused-ring (bicyclic) bond motifs is 1. The second-order valence-corrected chi connectivity index (χ2v) is 13.5. The molecule has 0 amide bonds. The lowest BCUT2D eigenvalue weighted by molar-refractivity contribution is -0.190. The van der Waals surface area contributed by atoms with Gasteiger partial charge in [0.25, 0.3) is 0 Å². The van der Waals surface area contributed by atoms with Crippen molar-refractivity contribution in [1.29, 1.82) is 0 Å². The summed E-state index contributed by atoms with van der Waals surface area (Å²) >= 11 is 0. The van der Waals surface area contributed by atoms with Gasteiger partial charge >= 0.3 is 35.8 Å². The molecule has 14 heteroatoms. The number of carbonyl (C=O) groups excluding carboxylic acids is 8. The molecule has 0 radical (unpaired) electrons. The molecule has 1 aromatic carbocycles. The third-order valence-electron chi connectivity index (χ3n) is 8.76. The van der Waals surface area contributed by atoms with Crippen LogP contribution in [0.3, 0.4) is 0 Å². The molecule has 51 heavy (non-hydrogen) atoms. The number of esters is 6. The van der Waals surface area contributed by atoms with Crippen molar-refractivity contribution in [2.45, 2.75) is 104 Å². The zero-order chi connectivity index (χ0) is 38.6. The molecule has 0 heterocycles. The van der Waals surface area contributed by atoms with E-state index >= 15 is 0 Å². The minimum Gasteiger partial charge on any atom is -0.458 e. The van der Waals surface area contributed by atoms with Crippen LogP contribution >= 0.6 is 0 Å². The van der Waals surface area contributed by atoms with Crippen LogP contribution in [0.15, 0.2) is 54.6 Å². The first-order chi connectivity index (χ1) is 23.6. The number of hydrogen-bond donors (Lipinski definition) is 0. The fraction of sp³-hybridized carbons (Fsp3) is 0.514. The molecule has 0 unspecified atom stereocenters. The monoisotopic (exact) mass is 712 g/mol. The first-order valence-corrected chi connectivity index (χ1v) is 16.2. The number of benzene rings is 1. The van der Waals surface area contributed by atoms with Crippen LogP contribution in [0.5, 0.6) is 0 Å². The second kappa shape index (κ2) is 15.4. The SMILES string of the molecule is C=C1[C@@H](OC(C)=O)[C@@H]2[C@H](OC(C)=O)[C@@](C)(OC(C)=O)C[C@@]2(OC(C)=O)C(=O)[C@@H](C)C=CC(C)(C)C(=O)[C@@H](OC(=O)c2ccccc2)[C@@H]1OC(C)=O. The van der Waals surface area contributed by atoms with Crippen molar-refractivity contribution in [3.05, 3.63) is 60.2 Å². The van der Waals surface area contributed by atoms with Crippen molar-refractivity contribution in [3.8, 4) is 0 Å². The van der Waals surface area contributed by atoms with Gasteiger partial charge in [-0.3, -0.25) is 33.6 Å². The van der Waals surface area contributed by atoms with Crippen LogP contribution in [0.25, 0.3) is 0 Å². The molecule has 14 nitrogen and oxygen atoms in total. The van der Waals surface area contributed by atoms with Gasteiger partial charge in [0.2, 0.25) is 6.10 Å². The van der Waals surface area contributed by atoms with E-state index < -0.39 is 112 Å². The number of carbonyl (C=O) groups is 8. The Morgan fingerprint density at radius 3 is 1.73 bits per heavy atom. The number of ether oxygens (including phenoxy) is 6. The van der Waals surface area contributed by atoms with E-state index in [-0.39, 0.29) is 5.56 Å². The van der Waals surface area contributed by atoms with E-state index in [1.54, 1.807) is 18.2 Å². The minimum absolute atomic E-state index is 0.0458. The maximum Gasteiger partial charge on any atom is 0.338 e. The fourth-order valence-electron chi connectivity index (χ4n) is 6.78. The summed E-state index contributed by atoms with van der Waals surface area (Å²) in [4.78, 5) is 106. The van der Waals surface area contributed by atoms with E-state index in [2.05, 4.69) is 6.58 Å². The first-order valence-electron chi connectivity index (χ1n) is 16.2. The average molecular weight is 713 g/mol. The number of rotatable bonds is 7. The molecule has 0 bridgehead atoms. The molecule has 0 aliphatic heterocycles. The zero-order valence-electron chi connectivity index (χ0n) is 30.1. The highest BCUT2D eigenvalue weighted by Gasteiger charge is 2.72. The van der Waals surface area contributed by atoms with Gasteiger partial charge in [0.15, 0.2) is 35.0 Å². The van der Waals surface area contributed by atoms with E-state index in [1.165, 1.54) is 52.0 Å². The zero-order valence-corrected chi connectivity index (χ0v) is 30.1. The van der Waals surface area contributed by atoms with Crippen LogP contribution in [-0.4, -0.2) is 83.0 Å². The van der Waals surface area contributed by atoms with E-state index in [9.17, 15) is 38.4 Å². The normalized spacial score (nSPS) is 30.4. The van der Waals surface area contributed by atoms with E-state index in [0.717, 1.165) is 34.6 Å². The average Bonchev–Trinajstić information content (AvgIpc) is 3.24. The lowest BCUT2D eigenvalue weighted by Crippen LogP contribution is -2.58. The van der Waals surface area contributed by atoms with Gasteiger partial charge in [-0.25, -0.2) is 4.79 Å². The quantitative estimate of drug-likeness (QED) is 0.226. The third-order valence-corrected chi connectivity index (χ3v) is 8.76. The van der Waals surface area contributed by atoms with Gasteiger partial charge in [-0.1, -0.05) is 43.9 Å². The molecule has 1 aromatic rings. The van der Waals surface area contributed by atoms with Crippen LogP contribution in [0.2, 0.25) is 0 Å². The van der Waals surface area contributed by atoms with Gasteiger partial charge in [0, 0.05) is 57.9 Å². The summed E-state index contributed by atoms with van der Waals surface area (Å²) in [6.07, 6.45) is -5.23. The van der Waals surface area contributed by atoms with Gasteiger partial charge in [0.1, 0.15) is 6.10 Å². The summed E-state index contributed by atoms with van der Waals surface area (Å²) in [7, 11) is 0. The summed E-state index contributed by atoms with van der Waals surface area (Å²) < 4.78 is 34.5. The van der Waals surface area contributed by atoms with Gasteiger partial charge in [0.05, 0.1) is 11.5 Å². The van der Waals surface area contributed by atoms with E-state index in [4.69, 9.17) is 28.4 Å². The van der Waals surface area contributed by atoms with Crippen molar-refractivity contribution in [2.75, 3.05) is 0 Å². The van der Waals surface area contributed by atoms with Crippen LogP contribution in [-0.2, 0) is 62.0 Å². The smallest absolute Gasteiger partial charge is 0.338 e. The Kier molecular flexibility index (Phi) is 12.2. The molecule has 276 valence electrons. The van der Waals surface area contributed by atoms with Crippen molar-refractivity contribution >= 4 is 47.4 Å². The molecule has 0 aromatic heterocycles. The van der Waals surface area contributed by atoms with Crippen LogP contribution in [0, 0.1) is 17.3 Å². The molecule has 0 N–H and O–H groups in total. The van der Waals surface area contributed by atoms with Gasteiger partial charge in [-0.15, -0.1) is 0 Å². The standard InChI is InChI=1S/C37H44O14/c1-19-16-17-35(8,9)32(44)30(49-34(45)26-14-12-11-13-15-26)29(47-22(4)39)20(2)28(46-21(3)38)27-33(48-23(5)40)36(10,50-24(6)41)18-37(27,31(19)43)51-25(7)42/h11-17,19,27-30,33H,2,18H2,1,3-10H3/t19-,27+,28+,29+,30-,33-,36-,37-/m0/s1. The van der Waals surface area contributed by atoms with E-state index in [0.29, 0.717) is 0 Å². The maximum atomic E-state index is 14.7. The highest BCUT2D eigenvalue weighted by molar-refractivity contribution is 5.97. The van der Waals surface area contributed by atoms with Crippen molar-refractivity contribution in [1.82, 2.24) is 0 Å². The Labute approximate surface area is 295 Å². The second-order valence-electron chi connectivity index (χ2n) is 13.5. The Morgan fingerprint density at radius 2 is 1.22 bits per heavy atom. The fourth-order valence-corrected chi connectivity index (χ4v) is 6.78. The lowest BCUT2D eigenvalue weighted by atomic mass is 9.72. The summed E-state index contributed by atoms with van der Waals surface area (Å²) in [5.74, 6) is -10.2. The summed E-state index contributed by atoms with van der Waals surface area (Å²) in [5.41, 5.74) is -6.15. The lowest BCUT2D eigenvalue weighted by Gasteiger charge is -2.42. The molecule has 3 rings (SSSR count). The predicted octanol–water partition coefficient (Wildman–Crippen LogP) is 3.58. The molecule has 8 atom stereocenters. The van der Waals surface area contributed by atoms with Crippen molar-refractivity contribution in [2.24, 2.45) is 17.3 Å². The molecule has 1 saturated carbocycles. The van der Waals surface area contributed by atoms with E-state index in [1.807, 2.05) is 0 Å². The molecule has 2 aliphatic carbocycles. The summed E-state index contributed by atoms with van der Waals surface area (Å²) in [6.45, 7) is 15.0.